The zero-order valence-electron chi connectivity index (χ0n) is 10.4. The molecule has 0 saturated carbocycles. The molecule has 18 heavy (non-hydrogen) atoms. The maximum atomic E-state index is 13.8. The number of halogens is 2. The van der Waals surface area contributed by atoms with Gasteiger partial charge in [-0.25, -0.2) is 4.39 Å². The Kier molecular flexibility index (Phi) is 4.00. The van der Waals surface area contributed by atoms with Gasteiger partial charge >= 0.3 is 0 Å². The molecule has 1 N–H and O–H groups in total. The normalized spacial score (nSPS) is 12.4. The van der Waals surface area contributed by atoms with Gasteiger partial charge in [0.2, 0.25) is 0 Å². The van der Waals surface area contributed by atoms with Crippen LogP contribution in [0.1, 0.15) is 18.5 Å². The molecule has 3 heteroatoms. The zero-order chi connectivity index (χ0) is 13.1. The van der Waals surface area contributed by atoms with Gasteiger partial charge in [-0.1, -0.05) is 35.9 Å². The Bertz CT molecular complexity index is 537. The summed E-state index contributed by atoms with van der Waals surface area (Å²) in [5.74, 6) is -0.295. The molecule has 0 spiro atoms. The average molecular weight is 264 g/mol. The van der Waals surface area contributed by atoms with Gasteiger partial charge in [-0.15, -0.1) is 0 Å². The molecule has 0 aromatic heterocycles. The molecule has 0 aliphatic carbocycles. The Morgan fingerprint density at radius 1 is 1.11 bits per heavy atom. The SMILES string of the molecule is CNC(C)c1ccc(-c2ccc(Cl)cc2F)cc1. The van der Waals surface area contributed by atoms with Crippen molar-refractivity contribution in [2.24, 2.45) is 0 Å². The van der Waals surface area contributed by atoms with Crippen LogP contribution in [0.3, 0.4) is 0 Å². The van der Waals surface area contributed by atoms with Crippen LogP contribution in [0.25, 0.3) is 11.1 Å². The summed E-state index contributed by atoms with van der Waals surface area (Å²) in [5.41, 5.74) is 2.61. The summed E-state index contributed by atoms with van der Waals surface area (Å²) in [7, 11) is 1.91. The third-order valence-electron chi connectivity index (χ3n) is 3.09. The fourth-order valence-corrected chi connectivity index (χ4v) is 2.00. The molecular weight excluding hydrogens is 249 g/mol. The van der Waals surface area contributed by atoms with Gasteiger partial charge in [0, 0.05) is 16.6 Å². The van der Waals surface area contributed by atoms with Crippen LogP contribution in [0, 0.1) is 5.82 Å². The lowest BCUT2D eigenvalue weighted by Gasteiger charge is -2.11. The minimum Gasteiger partial charge on any atom is -0.313 e. The molecule has 0 radical (unpaired) electrons. The molecule has 0 heterocycles. The van der Waals surface area contributed by atoms with E-state index in [1.807, 2.05) is 31.3 Å². The van der Waals surface area contributed by atoms with E-state index < -0.39 is 0 Å². The van der Waals surface area contributed by atoms with Gasteiger partial charge in [0.1, 0.15) is 5.82 Å². The maximum absolute atomic E-state index is 13.8. The largest absolute Gasteiger partial charge is 0.313 e. The first kappa shape index (κ1) is 13.1. The van der Waals surface area contributed by atoms with Gasteiger partial charge in [0.05, 0.1) is 0 Å². The van der Waals surface area contributed by atoms with E-state index in [2.05, 4.69) is 12.2 Å². The molecule has 1 atom stereocenters. The van der Waals surface area contributed by atoms with Crippen molar-refractivity contribution in [3.8, 4) is 11.1 Å². The van der Waals surface area contributed by atoms with E-state index >= 15 is 0 Å². The highest BCUT2D eigenvalue weighted by atomic mass is 35.5. The molecule has 2 aromatic rings. The Morgan fingerprint density at radius 2 is 1.78 bits per heavy atom. The van der Waals surface area contributed by atoms with E-state index in [0.29, 0.717) is 10.6 Å². The van der Waals surface area contributed by atoms with Crippen molar-refractivity contribution in [1.82, 2.24) is 5.32 Å². The van der Waals surface area contributed by atoms with Crippen molar-refractivity contribution in [2.45, 2.75) is 13.0 Å². The molecule has 0 fully saturated rings. The van der Waals surface area contributed by atoms with Gasteiger partial charge < -0.3 is 5.32 Å². The number of hydrogen-bond acceptors (Lipinski definition) is 1. The van der Waals surface area contributed by atoms with Crippen LogP contribution in [0.5, 0.6) is 0 Å². The molecule has 0 bridgehead atoms. The second kappa shape index (κ2) is 5.51. The first-order valence-electron chi connectivity index (χ1n) is 5.84. The minimum atomic E-state index is -0.295. The number of nitrogens with one attached hydrogen (secondary N) is 1. The van der Waals surface area contributed by atoms with Crippen LogP contribution < -0.4 is 5.32 Å². The molecule has 2 aromatic carbocycles. The summed E-state index contributed by atoms with van der Waals surface area (Å²) < 4.78 is 13.8. The summed E-state index contributed by atoms with van der Waals surface area (Å²) in [6.07, 6.45) is 0. The van der Waals surface area contributed by atoms with E-state index in [-0.39, 0.29) is 11.9 Å². The van der Waals surface area contributed by atoms with E-state index in [1.165, 1.54) is 11.6 Å². The zero-order valence-corrected chi connectivity index (χ0v) is 11.1. The monoisotopic (exact) mass is 263 g/mol. The molecule has 1 unspecified atom stereocenters. The van der Waals surface area contributed by atoms with Crippen molar-refractivity contribution < 1.29 is 4.39 Å². The second-order valence-corrected chi connectivity index (χ2v) is 4.69. The van der Waals surface area contributed by atoms with Crippen LogP contribution in [-0.4, -0.2) is 7.05 Å². The predicted molar refractivity (Wildman–Crippen MR) is 74.3 cm³/mol. The molecule has 2 rings (SSSR count). The molecule has 0 saturated heterocycles. The van der Waals surface area contributed by atoms with Gasteiger partial charge in [-0.3, -0.25) is 0 Å². The highest BCUT2D eigenvalue weighted by Crippen LogP contribution is 2.26. The van der Waals surface area contributed by atoms with Crippen LogP contribution >= 0.6 is 11.6 Å². The Morgan fingerprint density at radius 3 is 2.33 bits per heavy atom. The number of rotatable bonds is 3. The fraction of sp³-hybridized carbons (Fsp3) is 0.200. The second-order valence-electron chi connectivity index (χ2n) is 4.26. The summed E-state index contributed by atoms with van der Waals surface area (Å²) in [6, 6.07) is 12.9. The Labute approximate surface area is 112 Å². The lowest BCUT2D eigenvalue weighted by atomic mass is 10.0. The number of benzene rings is 2. The third kappa shape index (κ3) is 2.71. The summed E-state index contributed by atoms with van der Waals surface area (Å²) in [6.45, 7) is 2.08. The molecular formula is C15H15ClFN. The highest BCUT2D eigenvalue weighted by molar-refractivity contribution is 6.30. The van der Waals surface area contributed by atoms with E-state index in [1.54, 1.807) is 12.1 Å². The summed E-state index contributed by atoms with van der Waals surface area (Å²) >= 11 is 5.74. The van der Waals surface area contributed by atoms with Gasteiger partial charge in [-0.05, 0) is 43.3 Å². The lowest BCUT2D eigenvalue weighted by Crippen LogP contribution is -2.11. The van der Waals surface area contributed by atoms with Crippen molar-refractivity contribution in [3.05, 3.63) is 58.9 Å². The first-order valence-corrected chi connectivity index (χ1v) is 6.22. The van der Waals surface area contributed by atoms with Crippen molar-refractivity contribution >= 4 is 11.6 Å². The summed E-state index contributed by atoms with van der Waals surface area (Å²) in [5, 5.41) is 3.58. The van der Waals surface area contributed by atoms with Crippen LogP contribution in [0.2, 0.25) is 5.02 Å². The average Bonchev–Trinajstić information content (AvgIpc) is 2.38. The van der Waals surface area contributed by atoms with Gasteiger partial charge in [-0.2, -0.15) is 0 Å². The molecule has 0 aliphatic heterocycles. The van der Waals surface area contributed by atoms with E-state index in [0.717, 1.165) is 5.56 Å². The number of hydrogen-bond donors (Lipinski definition) is 1. The molecule has 0 amide bonds. The van der Waals surface area contributed by atoms with Crippen molar-refractivity contribution in [3.63, 3.8) is 0 Å². The van der Waals surface area contributed by atoms with Crippen LogP contribution in [0.15, 0.2) is 42.5 Å². The minimum absolute atomic E-state index is 0.286. The first-order chi connectivity index (χ1) is 8.61. The molecule has 1 nitrogen and oxygen atoms in total. The van der Waals surface area contributed by atoms with Crippen LogP contribution in [0.4, 0.5) is 4.39 Å². The van der Waals surface area contributed by atoms with E-state index in [9.17, 15) is 4.39 Å². The Balaban J connectivity index is 2.34. The fourth-order valence-electron chi connectivity index (χ4n) is 1.84. The van der Waals surface area contributed by atoms with Crippen LogP contribution in [-0.2, 0) is 0 Å². The molecule has 0 aliphatic rings. The lowest BCUT2D eigenvalue weighted by molar-refractivity contribution is 0.631. The Hall–Kier alpha value is -1.38. The quantitative estimate of drug-likeness (QED) is 0.864. The smallest absolute Gasteiger partial charge is 0.132 e. The highest BCUT2D eigenvalue weighted by Gasteiger charge is 2.07. The van der Waals surface area contributed by atoms with Crippen molar-refractivity contribution in [2.75, 3.05) is 7.05 Å². The topological polar surface area (TPSA) is 12.0 Å². The third-order valence-corrected chi connectivity index (χ3v) is 3.32. The van der Waals surface area contributed by atoms with Gasteiger partial charge in [0.15, 0.2) is 0 Å². The maximum Gasteiger partial charge on any atom is 0.132 e. The molecule has 94 valence electrons. The van der Waals surface area contributed by atoms with E-state index in [4.69, 9.17) is 11.6 Å². The standard InChI is InChI=1S/C15H15ClFN/c1-10(18-2)11-3-5-12(6-4-11)14-8-7-13(16)9-15(14)17/h3-10,18H,1-2H3. The predicted octanol–water partition coefficient (Wildman–Crippen LogP) is 4.43. The summed E-state index contributed by atoms with van der Waals surface area (Å²) in [4.78, 5) is 0. The van der Waals surface area contributed by atoms with Gasteiger partial charge in [0.25, 0.3) is 0 Å². The van der Waals surface area contributed by atoms with Crippen molar-refractivity contribution in [1.29, 1.82) is 0 Å².